The van der Waals surface area contributed by atoms with Gasteiger partial charge in [-0.1, -0.05) is 32.1 Å². The first-order chi connectivity index (χ1) is 10.1. The largest absolute Gasteiger partial charge is 0.367 e. The number of aromatic nitrogens is 2. The Morgan fingerprint density at radius 2 is 1.71 bits per heavy atom. The first kappa shape index (κ1) is 15.0. The van der Waals surface area contributed by atoms with E-state index in [-0.39, 0.29) is 0 Å². The van der Waals surface area contributed by atoms with E-state index in [9.17, 15) is 0 Å². The van der Waals surface area contributed by atoms with Gasteiger partial charge in [-0.05, 0) is 43.9 Å². The Labute approximate surface area is 135 Å². The summed E-state index contributed by atoms with van der Waals surface area (Å²) >= 11 is 7.81. The lowest BCUT2D eigenvalue weighted by molar-refractivity contribution is 0.471. The average Bonchev–Trinajstić information content (AvgIpc) is 2.67. The molecule has 0 amide bonds. The van der Waals surface area contributed by atoms with Crippen molar-refractivity contribution in [1.29, 1.82) is 0 Å². The molecule has 1 aliphatic carbocycles. The molecule has 1 fully saturated rings. The van der Waals surface area contributed by atoms with E-state index in [0.29, 0.717) is 11.3 Å². The molecule has 1 saturated carbocycles. The van der Waals surface area contributed by atoms with Crippen LogP contribution >= 0.6 is 22.9 Å². The molecule has 114 valence electrons. The van der Waals surface area contributed by atoms with E-state index >= 15 is 0 Å². The van der Waals surface area contributed by atoms with Gasteiger partial charge < -0.3 is 5.32 Å². The number of hydrogen-bond donors (Lipinski definition) is 1. The van der Waals surface area contributed by atoms with Gasteiger partial charge in [-0.25, -0.2) is 9.97 Å². The summed E-state index contributed by atoms with van der Waals surface area (Å²) in [5, 5.41) is 5.16. The van der Waals surface area contributed by atoms with E-state index in [1.165, 1.54) is 55.4 Å². The first-order valence-electron chi connectivity index (χ1n) is 7.85. The molecular formula is C16H22ClN3S. The molecular weight excluding hydrogens is 302 g/mol. The number of halogens is 1. The smallest absolute Gasteiger partial charge is 0.225 e. The monoisotopic (exact) mass is 323 g/mol. The molecule has 2 heterocycles. The quantitative estimate of drug-likeness (QED) is 0.743. The van der Waals surface area contributed by atoms with Crippen molar-refractivity contribution in [3.63, 3.8) is 0 Å². The van der Waals surface area contributed by atoms with E-state index in [4.69, 9.17) is 11.6 Å². The number of anilines is 1. The van der Waals surface area contributed by atoms with E-state index in [1.54, 1.807) is 11.3 Å². The van der Waals surface area contributed by atoms with Gasteiger partial charge in [0.25, 0.3) is 0 Å². The third-order valence-corrected chi connectivity index (χ3v) is 5.72. The predicted molar refractivity (Wildman–Crippen MR) is 91.6 cm³/mol. The van der Waals surface area contributed by atoms with Gasteiger partial charge in [-0.3, -0.25) is 0 Å². The Hall–Kier alpha value is -0.870. The molecule has 5 heteroatoms. The Balaban J connectivity index is 1.91. The molecule has 0 bridgehead atoms. The topological polar surface area (TPSA) is 37.8 Å². The Bertz CT molecular complexity index is 630. The Kier molecular flexibility index (Phi) is 4.65. The van der Waals surface area contributed by atoms with Crippen LogP contribution in [-0.4, -0.2) is 16.0 Å². The SMILES string of the molecule is Cc1sc2nc(Cl)nc(NC3CCCCCCC3)c2c1C. The van der Waals surface area contributed by atoms with Crippen molar-refractivity contribution in [3.8, 4) is 0 Å². The Morgan fingerprint density at radius 3 is 2.43 bits per heavy atom. The normalized spacial score (nSPS) is 17.7. The maximum atomic E-state index is 6.11. The summed E-state index contributed by atoms with van der Waals surface area (Å²) in [5.41, 5.74) is 1.28. The number of hydrogen-bond acceptors (Lipinski definition) is 4. The number of aryl methyl sites for hydroxylation is 2. The zero-order chi connectivity index (χ0) is 14.8. The third-order valence-electron chi connectivity index (χ3n) is 4.45. The van der Waals surface area contributed by atoms with Crippen LogP contribution in [0.15, 0.2) is 0 Å². The lowest BCUT2D eigenvalue weighted by Gasteiger charge is -2.22. The van der Waals surface area contributed by atoms with Gasteiger partial charge >= 0.3 is 0 Å². The first-order valence-corrected chi connectivity index (χ1v) is 9.04. The van der Waals surface area contributed by atoms with E-state index in [2.05, 4.69) is 29.1 Å². The predicted octanol–water partition coefficient (Wildman–Crippen LogP) is 5.49. The fourth-order valence-electron chi connectivity index (χ4n) is 3.12. The van der Waals surface area contributed by atoms with Crippen LogP contribution in [0.2, 0.25) is 5.28 Å². The molecule has 1 aliphatic rings. The molecule has 1 N–H and O–H groups in total. The number of fused-ring (bicyclic) bond motifs is 1. The number of rotatable bonds is 2. The van der Waals surface area contributed by atoms with Crippen molar-refractivity contribution >= 4 is 39.0 Å². The standard InChI is InChI=1S/C16H22ClN3S/c1-10-11(2)21-15-13(10)14(19-16(17)20-15)18-12-8-6-4-3-5-7-9-12/h12H,3-9H2,1-2H3,(H,18,19,20). The van der Waals surface area contributed by atoms with Crippen LogP contribution < -0.4 is 5.32 Å². The molecule has 0 atom stereocenters. The summed E-state index contributed by atoms with van der Waals surface area (Å²) in [7, 11) is 0. The van der Waals surface area contributed by atoms with Crippen LogP contribution in [-0.2, 0) is 0 Å². The molecule has 0 radical (unpaired) electrons. The van der Waals surface area contributed by atoms with Crippen LogP contribution in [0, 0.1) is 13.8 Å². The van der Waals surface area contributed by atoms with E-state index < -0.39 is 0 Å². The van der Waals surface area contributed by atoms with Gasteiger partial charge in [0.2, 0.25) is 5.28 Å². The van der Waals surface area contributed by atoms with Crippen LogP contribution in [0.25, 0.3) is 10.2 Å². The van der Waals surface area contributed by atoms with Gasteiger partial charge in [0, 0.05) is 10.9 Å². The van der Waals surface area contributed by atoms with E-state index in [0.717, 1.165) is 16.0 Å². The highest BCUT2D eigenvalue weighted by molar-refractivity contribution is 7.18. The fourth-order valence-corrected chi connectivity index (χ4v) is 4.37. The minimum Gasteiger partial charge on any atom is -0.367 e. The molecule has 3 nitrogen and oxygen atoms in total. The number of nitrogens with zero attached hydrogens (tertiary/aromatic N) is 2. The third kappa shape index (κ3) is 3.32. The van der Waals surface area contributed by atoms with Crippen LogP contribution in [0.1, 0.15) is 55.4 Å². The maximum absolute atomic E-state index is 6.11. The van der Waals surface area contributed by atoms with Gasteiger partial charge in [0.1, 0.15) is 10.6 Å². The van der Waals surface area contributed by atoms with Crippen LogP contribution in [0.5, 0.6) is 0 Å². The summed E-state index contributed by atoms with van der Waals surface area (Å²) in [6.07, 6.45) is 9.17. The summed E-state index contributed by atoms with van der Waals surface area (Å²) in [6, 6.07) is 0.513. The van der Waals surface area contributed by atoms with Crippen molar-refractivity contribution < 1.29 is 0 Å². The molecule has 0 aromatic carbocycles. The van der Waals surface area contributed by atoms with Crippen LogP contribution in [0.3, 0.4) is 0 Å². The van der Waals surface area contributed by atoms with Crippen LogP contribution in [0.4, 0.5) is 5.82 Å². The second kappa shape index (κ2) is 6.49. The van der Waals surface area contributed by atoms with Crippen molar-refractivity contribution in [2.75, 3.05) is 5.32 Å². The zero-order valence-electron chi connectivity index (χ0n) is 12.7. The highest BCUT2D eigenvalue weighted by atomic mass is 35.5. The average molecular weight is 324 g/mol. The van der Waals surface area contributed by atoms with E-state index in [1.807, 2.05) is 0 Å². The summed E-state index contributed by atoms with van der Waals surface area (Å²) in [5.74, 6) is 0.928. The minimum absolute atomic E-state index is 0.345. The number of thiophene rings is 1. The molecule has 3 rings (SSSR count). The molecule has 2 aromatic heterocycles. The zero-order valence-corrected chi connectivity index (χ0v) is 14.3. The lowest BCUT2D eigenvalue weighted by Crippen LogP contribution is -2.21. The second-order valence-electron chi connectivity index (χ2n) is 5.99. The summed E-state index contributed by atoms with van der Waals surface area (Å²) in [4.78, 5) is 11.1. The molecule has 0 aliphatic heterocycles. The van der Waals surface area contributed by atoms with Gasteiger partial charge in [-0.2, -0.15) is 0 Å². The van der Waals surface area contributed by atoms with Crippen molar-refractivity contribution in [2.24, 2.45) is 0 Å². The highest BCUT2D eigenvalue weighted by Crippen LogP contribution is 2.35. The van der Waals surface area contributed by atoms with Crippen molar-refractivity contribution in [1.82, 2.24) is 9.97 Å². The molecule has 21 heavy (non-hydrogen) atoms. The summed E-state index contributed by atoms with van der Waals surface area (Å²) in [6.45, 7) is 4.28. The highest BCUT2D eigenvalue weighted by Gasteiger charge is 2.17. The molecule has 0 saturated heterocycles. The fraction of sp³-hybridized carbons (Fsp3) is 0.625. The van der Waals surface area contributed by atoms with Gasteiger partial charge in [0.05, 0.1) is 5.39 Å². The van der Waals surface area contributed by atoms with Gasteiger partial charge in [0.15, 0.2) is 0 Å². The molecule has 0 spiro atoms. The second-order valence-corrected chi connectivity index (χ2v) is 7.53. The minimum atomic E-state index is 0.345. The van der Waals surface area contributed by atoms with Crippen molar-refractivity contribution in [2.45, 2.75) is 64.8 Å². The number of nitrogens with one attached hydrogen (secondary N) is 1. The lowest BCUT2D eigenvalue weighted by atomic mass is 9.96. The summed E-state index contributed by atoms with van der Waals surface area (Å²) < 4.78 is 0. The van der Waals surface area contributed by atoms with Crippen molar-refractivity contribution in [3.05, 3.63) is 15.7 Å². The molecule has 0 unspecified atom stereocenters. The van der Waals surface area contributed by atoms with Gasteiger partial charge in [-0.15, -0.1) is 11.3 Å². The molecule has 2 aromatic rings. The maximum Gasteiger partial charge on any atom is 0.225 e. The Morgan fingerprint density at radius 1 is 1.05 bits per heavy atom.